The molecule has 4 aromatic rings. The average molecular weight is 440 g/mol. The van der Waals surface area contributed by atoms with Crippen molar-refractivity contribution in [2.45, 2.75) is 6.92 Å². The lowest BCUT2D eigenvalue weighted by atomic mass is 10.2. The molecule has 0 unspecified atom stereocenters. The van der Waals surface area contributed by atoms with Crippen LogP contribution in [0.4, 0.5) is 34.5 Å². The number of rotatable bonds is 7. The van der Waals surface area contributed by atoms with E-state index >= 15 is 0 Å². The summed E-state index contributed by atoms with van der Waals surface area (Å²) in [5.41, 5.74) is 3.32. The fourth-order valence-electron chi connectivity index (χ4n) is 3.06. The molecule has 0 bridgehead atoms. The summed E-state index contributed by atoms with van der Waals surface area (Å²) in [4.78, 5) is 31.5. The van der Waals surface area contributed by atoms with Crippen molar-refractivity contribution in [2.24, 2.45) is 0 Å². The molecule has 9 nitrogen and oxygen atoms in total. The molecule has 4 rings (SSSR count). The number of aryl methyl sites for hydroxylation is 1. The highest BCUT2D eigenvalue weighted by Crippen LogP contribution is 2.21. The smallest absolute Gasteiger partial charge is 0.269 e. The summed E-state index contributed by atoms with van der Waals surface area (Å²) < 4.78 is 0. The van der Waals surface area contributed by atoms with Crippen LogP contribution in [0.5, 0.6) is 0 Å². The van der Waals surface area contributed by atoms with E-state index in [2.05, 4.69) is 25.9 Å². The van der Waals surface area contributed by atoms with Crippen LogP contribution in [0.1, 0.15) is 16.1 Å². The lowest BCUT2D eigenvalue weighted by Gasteiger charge is -2.11. The van der Waals surface area contributed by atoms with Gasteiger partial charge in [0, 0.05) is 46.5 Å². The Morgan fingerprint density at radius 3 is 2.12 bits per heavy atom. The number of nitro benzene ring substituents is 1. The minimum absolute atomic E-state index is 0.0672. The van der Waals surface area contributed by atoms with Crippen LogP contribution in [0, 0.1) is 17.0 Å². The number of hydrogen-bond acceptors (Lipinski definition) is 7. The molecule has 0 saturated carbocycles. The van der Waals surface area contributed by atoms with E-state index in [0.717, 1.165) is 17.1 Å². The zero-order valence-electron chi connectivity index (χ0n) is 17.6. The van der Waals surface area contributed by atoms with E-state index in [1.54, 1.807) is 24.3 Å². The molecule has 0 aliphatic rings. The van der Waals surface area contributed by atoms with E-state index in [0.29, 0.717) is 23.0 Å². The van der Waals surface area contributed by atoms with Gasteiger partial charge in [0.15, 0.2) is 0 Å². The van der Waals surface area contributed by atoms with Gasteiger partial charge in [-0.2, -0.15) is 4.98 Å². The van der Waals surface area contributed by atoms with Crippen molar-refractivity contribution in [3.8, 4) is 0 Å². The third kappa shape index (κ3) is 5.67. The van der Waals surface area contributed by atoms with E-state index in [1.165, 1.54) is 24.3 Å². The second-order valence-corrected chi connectivity index (χ2v) is 7.17. The van der Waals surface area contributed by atoms with Gasteiger partial charge in [0.05, 0.1) is 4.92 Å². The van der Waals surface area contributed by atoms with Gasteiger partial charge in [-0.15, -0.1) is 0 Å². The first-order chi connectivity index (χ1) is 16.0. The Hall–Kier alpha value is -4.79. The molecule has 0 aliphatic carbocycles. The molecule has 1 amide bonds. The predicted octanol–water partition coefficient (Wildman–Crippen LogP) is 5.43. The van der Waals surface area contributed by atoms with Crippen LogP contribution in [-0.4, -0.2) is 20.8 Å². The molecule has 1 aromatic heterocycles. The van der Waals surface area contributed by atoms with Gasteiger partial charge in [-0.3, -0.25) is 14.9 Å². The van der Waals surface area contributed by atoms with E-state index in [-0.39, 0.29) is 11.6 Å². The van der Waals surface area contributed by atoms with Crippen molar-refractivity contribution in [3.05, 3.63) is 106 Å². The summed E-state index contributed by atoms with van der Waals surface area (Å²) in [6, 6.07) is 24.1. The number of amides is 1. The quantitative estimate of drug-likeness (QED) is 0.259. The molecular weight excluding hydrogens is 420 g/mol. The summed E-state index contributed by atoms with van der Waals surface area (Å²) in [7, 11) is 0. The Morgan fingerprint density at radius 1 is 0.818 bits per heavy atom. The third-order valence-electron chi connectivity index (χ3n) is 4.64. The van der Waals surface area contributed by atoms with Crippen LogP contribution in [0.3, 0.4) is 0 Å². The highest BCUT2D eigenvalue weighted by Gasteiger charge is 2.10. The number of aromatic nitrogens is 2. The van der Waals surface area contributed by atoms with Crippen molar-refractivity contribution in [1.29, 1.82) is 0 Å². The van der Waals surface area contributed by atoms with Gasteiger partial charge < -0.3 is 16.0 Å². The molecule has 9 heteroatoms. The summed E-state index contributed by atoms with van der Waals surface area (Å²) in [5, 5.41) is 19.9. The van der Waals surface area contributed by atoms with Gasteiger partial charge in [0.25, 0.3) is 11.6 Å². The van der Waals surface area contributed by atoms with Crippen LogP contribution >= 0.6 is 0 Å². The fourth-order valence-corrected chi connectivity index (χ4v) is 3.06. The number of non-ortho nitro benzene ring substituents is 1. The average Bonchev–Trinajstić information content (AvgIpc) is 2.80. The van der Waals surface area contributed by atoms with Crippen LogP contribution in [0.25, 0.3) is 0 Å². The van der Waals surface area contributed by atoms with E-state index < -0.39 is 4.92 Å². The minimum atomic E-state index is -0.508. The van der Waals surface area contributed by atoms with Gasteiger partial charge in [-0.25, -0.2) is 4.98 Å². The van der Waals surface area contributed by atoms with Crippen LogP contribution < -0.4 is 16.0 Å². The predicted molar refractivity (Wildman–Crippen MR) is 127 cm³/mol. The Bertz CT molecular complexity index is 1280. The van der Waals surface area contributed by atoms with Crippen molar-refractivity contribution in [1.82, 2.24) is 9.97 Å². The standard InChI is InChI=1S/C24H20N6O3/c1-16-15-22(26-18-5-3-2-4-6-18)29-24(25-16)28-20-11-9-19(10-12-20)27-23(31)17-7-13-21(14-8-17)30(32)33/h2-15H,1H3,(H,27,31)(H2,25,26,28,29). The molecule has 0 fully saturated rings. The first kappa shape index (κ1) is 21.4. The summed E-state index contributed by atoms with van der Waals surface area (Å²) >= 11 is 0. The number of nitrogens with zero attached hydrogens (tertiary/aromatic N) is 3. The highest BCUT2D eigenvalue weighted by molar-refractivity contribution is 6.04. The highest BCUT2D eigenvalue weighted by atomic mass is 16.6. The maximum absolute atomic E-state index is 12.4. The number of nitrogens with one attached hydrogen (secondary N) is 3. The normalized spacial score (nSPS) is 10.3. The van der Waals surface area contributed by atoms with Crippen molar-refractivity contribution in [3.63, 3.8) is 0 Å². The Balaban J connectivity index is 1.41. The number of benzene rings is 3. The Labute approximate surface area is 189 Å². The van der Waals surface area contributed by atoms with Crippen LogP contribution in [0.15, 0.2) is 84.9 Å². The maximum atomic E-state index is 12.4. The SMILES string of the molecule is Cc1cc(Nc2ccccc2)nc(Nc2ccc(NC(=O)c3ccc([N+](=O)[O-])cc3)cc2)n1. The zero-order chi connectivity index (χ0) is 23.2. The maximum Gasteiger partial charge on any atom is 0.269 e. The van der Waals surface area contributed by atoms with Gasteiger partial charge >= 0.3 is 0 Å². The molecule has 164 valence electrons. The van der Waals surface area contributed by atoms with Gasteiger partial charge in [-0.1, -0.05) is 18.2 Å². The van der Waals surface area contributed by atoms with E-state index in [1.807, 2.05) is 43.3 Å². The number of nitro groups is 1. The lowest BCUT2D eigenvalue weighted by molar-refractivity contribution is -0.384. The number of carbonyl (C=O) groups is 1. The Morgan fingerprint density at radius 2 is 1.45 bits per heavy atom. The van der Waals surface area contributed by atoms with Crippen LogP contribution in [0.2, 0.25) is 0 Å². The second-order valence-electron chi connectivity index (χ2n) is 7.17. The molecule has 0 saturated heterocycles. The summed E-state index contributed by atoms with van der Waals surface area (Å²) in [6.45, 7) is 1.89. The van der Waals surface area contributed by atoms with E-state index in [4.69, 9.17) is 0 Å². The van der Waals surface area contributed by atoms with Gasteiger partial charge in [0.1, 0.15) is 5.82 Å². The molecule has 3 aromatic carbocycles. The lowest BCUT2D eigenvalue weighted by Crippen LogP contribution is -2.11. The largest absolute Gasteiger partial charge is 0.340 e. The first-order valence-corrected chi connectivity index (χ1v) is 10.1. The number of carbonyl (C=O) groups excluding carboxylic acids is 1. The molecule has 0 atom stereocenters. The van der Waals surface area contributed by atoms with E-state index in [9.17, 15) is 14.9 Å². The Kier molecular flexibility index (Phi) is 6.21. The molecule has 0 spiro atoms. The van der Waals surface area contributed by atoms with Crippen molar-refractivity contribution >= 4 is 40.4 Å². The monoisotopic (exact) mass is 440 g/mol. The fraction of sp³-hybridized carbons (Fsp3) is 0.0417. The molecule has 1 heterocycles. The van der Waals surface area contributed by atoms with Crippen molar-refractivity contribution < 1.29 is 9.72 Å². The molecule has 0 radical (unpaired) electrons. The minimum Gasteiger partial charge on any atom is -0.340 e. The molecule has 0 aliphatic heterocycles. The zero-order valence-corrected chi connectivity index (χ0v) is 17.6. The second kappa shape index (κ2) is 9.56. The van der Waals surface area contributed by atoms with Crippen LogP contribution in [-0.2, 0) is 0 Å². The number of para-hydroxylation sites is 1. The first-order valence-electron chi connectivity index (χ1n) is 10.1. The molecule has 3 N–H and O–H groups in total. The van der Waals surface area contributed by atoms with Gasteiger partial charge in [0.2, 0.25) is 5.95 Å². The summed E-state index contributed by atoms with van der Waals surface area (Å²) in [6.07, 6.45) is 0. The molecular formula is C24H20N6O3. The summed E-state index contributed by atoms with van der Waals surface area (Å²) in [5.74, 6) is 0.753. The number of hydrogen-bond donors (Lipinski definition) is 3. The number of anilines is 5. The molecule has 33 heavy (non-hydrogen) atoms. The third-order valence-corrected chi connectivity index (χ3v) is 4.64. The van der Waals surface area contributed by atoms with Crippen molar-refractivity contribution in [2.75, 3.05) is 16.0 Å². The van der Waals surface area contributed by atoms with Gasteiger partial charge in [-0.05, 0) is 55.5 Å². The topological polar surface area (TPSA) is 122 Å².